The zero-order chi connectivity index (χ0) is 33.4. The van der Waals surface area contributed by atoms with Crippen molar-refractivity contribution in [2.45, 2.75) is 78.6 Å². The van der Waals surface area contributed by atoms with E-state index < -0.39 is 0 Å². The summed E-state index contributed by atoms with van der Waals surface area (Å²) in [4.78, 5) is 28.1. The van der Waals surface area contributed by atoms with Crippen molar-refractivity contribution in [1.82, 2.24) is 0 Å². The maximum atomic E-state index is 14.2. The van der Waals surface area contributed by atoms with Crippen LogP contribution in [-0.4, -0.2) is 39.5 Å². The van der Waals surface area contributed by atoms with Crippen molar-refractivity contribution in [3.05, 3.63) is 49.3 Å². The van der Waals surface area contributed by atoms with Crippen LogP contribution in [-0.2, 0) is 6.42 Å². The van der Waals surface area contributed by atoms with E-state index in [1.165, 1.54) is 19.2 Å². The number of aromatic hydroxyl groups is 1. The summed E-state index contributed by atoms with van der Waals surface area (Å²) in [6.07, 6.45) is 11.2. The van der Waals surface area contributed by atoms with E-state index in [0.29, 0.717) is 69.7 Å². The predicted molar refractivity (Wildman–Crippen MR) is 195 cm³/mol. The number of fused-ring (bicyclic) bond motifs is 1. The molecule has 0 radical (unpaired) electrons. The van der Waals surface area contributed by atoms with Crippen LogP contribution in [0, 0.1) is 0 Å². The van der Waals surface area contributed by atoms with Crippen LogP contribution < -0.4 is 35.7 Å². The number of methoxy groups -OCH3 is 3. The lowest BCUT2D eigenvalue weighted by atomic mass is 9.83. The Kier molecular flexibility index (Phi) is 9.22. The molecule has 5 aromatic rings. The average Bonchev–Trinajstić information content (AvgIpc) is 3.21. The molecule has 1 aliphatic carbocycles. The summed E-state index contributed by atoms with van der Waals surface area (Å²) in [5, 5.41) is 24.1. The van der Waals surface area contributed by atoms with E-state index in [0.717, 1.165) is 84.2 Å². The minimum atomic E-state index is -0.335. The maximum Gasteiger partial charge on any atom is 0.194 e. The molecule has 0 saturated heterocycles. The van der Waals surface area contributed by atoms with Crippen molar-refractivity contribution in [2.75, 3.05) is 45.1 Å². The molecule has 47 heavy (non-hydrogen) atoms. The van der Waals surface area contributed by atoms with Crippen LogP contribution in [0.2, 0.25) is 0 Å². The fourth-order valence-electron chi connectivity index (χ4n) is 7.64. The van der Waals surface area contributed by atoms with Crippen molar-refractivity contribution in [3.63, 3.8) is 0 Å². The number of benzene rings is 5. The number of hydrogen-bond acceptors (Lipinski definition) is 8. The Balaban J connectivity index is 1.84. The van der Waals surface area contributed by atoms with Crippen LogP contribution in [0.15, 0.2) is 27.3 Å². The molecule has 8 nitrogen and oxygen atoms in total. The van der Waals surface area contributed by atoms with Gasteiger partial charge in [0, 0.05) is 63.3 Å². The molecule has 0 amide bonds. The summed E-state index contributed by atoms with van der Waals surface area (Å²) >= 11 is 0. The number of nitrogens with one attached hydrogen (secondary N) is 2. The first-order chi connectivity index (χ1) is 22.8. The Bertz CT molecular complexity index is 2120. The van der Waals surface area contributed by atoms with Gasteiger partial charge < -0.3 is 30.0 Å². The van der Waals surface area contributed by atoms with Crippen LogP contribution in [0.4, 0.5) is 11.4 Å². The number of phenolic OH excluding ortho intramolecular Hbond substituents is 1. The van der Waals surface area contributed by atoms with Gasteiger partial charge in [-0.25, -0.2) is 0 Å². The van der Waals surface area contributed by atoms with Crippen LogP contribution in [0.1, 0.15) is 83.3 Å². The molecule has 0 unspecified atom stereocenters. The second-order valence-electron chi connectivity index (χ2n) is 12.8. The van der Waals surface area contributed by atoms with Crippen molar-refractivity contribution >= 4 is 60.5 Å². The molecule has 248 valence electrons. The molecule has 0 bridgehead atoms. The first kappa shape index (κ1) is 32.5. The molecule has 3 N–H and O–H groups in total. The number of unbranched alkanes of at least 4 members (excludes halogenated alkanes) is 6. The molecule has 1 aliphatic rings. The number of rotatable bonds is 15. The quantitative estimate of drug-likeness (QED) is 0.0453. The summed E-state index contributed by atoms with van der Waals surface area (Å²) in [5.41, 5.74) is 3.47. The highest BCUT2D eigenvalue weighted by Crippen LogP contribution is 2.56. The molecular weight excluding hydrogens is 592 g/mol. The van der Waals surface area contributed by atoms with E-state index in [1.807, 2.05) is 0 Å². The summed E-state index contributed by atoms with van der Waals surface area (Å²) in [5.74, 6) is 1.30. The predicted octanol–water partition coefficient (Wildman–Crippen LogP) is 8.57. The molecule has 8 heteroatoms. The second kappa shape index (κ2) is 13.3. The van der Waals surface area contributed by atoms with Gasteiger partial charge in [-0.05, 0) is 31.6 Å². The normalized spacial score (nSPS) is 12.8. The van der Waals surface area contributed by atoms with Gasteiger partial charge in [-0.3, -0.25) is 9.59 Å². The van der Waals surface area contributed by atoms with Gasteiger partial charge >= 0.3 is 0 Å². The van der Waals surface area contributed by atoms with E-state index in [-0.39, 0.29) is 22.0 Å². The van der Waals surface area contributed by atoms with Crippen molar-refractivity contribution in [2.24, 2.45) is 0 Å². The number of allylic oxidation sites excluding steroid dienone is 1. The van der Waals surface area contributed by atoms with Crippen LogP contribution in [0.25, 0.3) is 49.2 Å². The lowest BCUT2D eigenvalue weighted by Crippen LogP contribution is -2.13. The van der Waals surface area contributed by atoms with Gasteiger partial charge in [0.1, 0.15) is 17.2 Å². The fourth-order valence-corrected chi connectivity index (χ4v) is 7.64. The molecule has 0 heterocycles. The molecule has 5 aromatic carbocycles. The maximum absolute atomic E-state index is 14.2. The van der Waals surface area contributed by atoms with Crippen LogP contribution in [0.5, 0.6) is 23.0 Å². The fraction of sp³-hybridized carbons (Fsp3) is 0.436. The zero-order valence-corrected chi connectivity index (χ0v) is 28.5. The third kappa shape index (κ3) is 5.22. The Morgan fingerprint density at radius 3 is 1.77 bits per heavy atom. The SMILES string of the molecule is CCCCCCNc1c(O)c2c(=O)cc(OC)c3c4c(OC)cc(=O)c5c(NCCCCCC)c(OC)c6c(c(c1C=C(C)C6)c23)c54. The number of hydrogen-bond donors (Lipinski definition) is 3. The molecular formula is C39H46N2O6. The Morgan fingerprint density at radius 1 is 0.660 bits per heavy atom. The number of phenols is 1. The van der Waals surface area contributed by atoms with E-state index in [4.69, 9.17) is 14.2 Å². The molecule has 0 fully saturated rings. The number of anilines is 2. The van der Waals surface area contributed by atoms with Crippen molar-refractivity contribution in [1.29, 1.82) is 0 Å². The summed E-state index contributed by atoms with van der Waals surface area (Å²) in [6.45, 7) is 7.78. The van der Waals surface area contributed by atoms with Gasteiger partial charge in [0.15, 0.2) is 16.6 Å². The highest BCUT2D eigenvalue weighted by atomic mass is 16.5. The van der Waals surface area contributed by atoms with Gasteiger partial charge in [-0.15, -0.1) is 0 Å². The Morgan fingerprint density at radius 2 is 1.21 bits per heavy atom. The standard InChI is InChI=1S/C39H46N2O6/c1-7-9-11-13-15-40-36-22-17-21(3)18-23-29-28(22)35-31(38(36)44)25(43)20-27(46-5)33(35)32-26(45-4)19-24(42)30(34(29)32)37(39(23)47-6)41-16-14-12-10-8-2/h17,19-20,40-41,44H,7-16,18H2,1-6H3. The topological polar surface area (TPSA) is 106 Å². The minimum absolute atomic E-state index is 0.0768. The third-order valence-corrected chi connectivity index (χ3v) is 9.73. The van der Waals surface area contributed by atoms with E-state index in [9.17, 15) is 14.7 Å². The Labute approximate surface area is 275 Å². The summed E-state index contributed by atoms with van der Waals surface area (Å²) in [7, 11) is 4.74. The van der Waals surface area contributed by atoms with Gasteiger partial charge in [0.2, 0.25) is 0 Å². The molecule has 0 spiro atoms. The molecule has 0 atom stereocenters. The highest BCUT2D eigenvalue weighted by molar-refractivity contribution is 6.40. The molecule has 0 aliphatic heterocycles. The van der Waals surface area contributed by atoms with Crippen molar-refractivity contribution in [3.8, 4) is 23.0 Å². The molecule has 6 rings (SSSR count). The second-order valence-corrected chi connectivity index (χ2v) is 12.8. The lowest BCUT2D eigenvalue weighted by molar-refractivity contribution is 0.413. The van der Waals surface area contributed by atoms with Crippen molar-refractivity contribution < 1.29 is 19.3 Å². The molecule has 0 aromatic heterocycles. The zero-order valence-electron chi connectivity index (χ0n) is 28.5. The van der Waals surface area contributed by atoms with Gasteiger partial charge in [0.05, 0.1) is 43.5 Å². The van der Waals surface area contributed by atoms with Crippen LogP contribution >= 0.6 is 0 Å². The first-order valence-corrected chi connectivity index (χ1v) is 17.0. The largest absolute Gasteiger partial charge is 0.505 e. The summed E-state index contributed by atoms with van der Waals surface area (Å²) < 4.78 is 18.0. The van der Waals surface area contributed by atoms with E-state index >= 15 is 0 Å². The highest BCUT2D eigenvalue weighted by Gasteiger charge is 2.33. The molecule has 0 saturated carbocycles. The van der Waals surface area contributed by atoms with Gasteiger partial charge in [-0.2, -0.15) is 0 Å². The average molecular weight is 639 g/mol. The smallest absolute Gasteiger partial charge is 0.194 e. The third-order valence-electron chi connectivity index (χ3n) is 9.73. The summed E-state index contributed by atoms with van der Waals surface area (Å²) in [6, 6.07) is 2.95. The monoisotopic (exact) mass is 638 g/mol. The lowest BCUT2D eigenvalue weighted by Gasteiger charge is -2.25. The number of ether oxygens (including phenoxy) is 3. The van der Waals surface area contributed by atoms with Crippen LogP contribution in [0.3, 0.4) is 0 Å². The van der Waals surface area contributed by atoms with Gasteiger partial charge in [0.25, 0.3) is 0 Å². The van der Waals surface area contributed by atoms with E-state index in [1.54, 1.807) is 14.2 Å². The van der Waals surface area contributed by atoms with E-state index in [2.05, 4.69) is 37.5 Å². The Hall–Kier alpha value is -4.46. The minimum Gasteiger partial charge on any atom is -0.505 e. The van der Waals surface area contributed by atoms with Gasteiger partial charge in [-0.1, -0.05) is 64.0 Å². The first-order valence-electron chi connectivity index (χ1n) is 17.0.